The summed E-state index contributed by atoms with van der Waals surface area (Å²) in [6, 6.07) is 0. The number of allylic oxidation sites excluding steroid dienone is 1. The minimum absolute atomic E-state index is 0.206. The van der Waals surface area contributed by atoms with Gasteiger partial charge in [-0.1, -0.05) is 0 Å². The Kier molecular flexibility index (Phi) is 2.60. The average Bonchev–Trinajstić information content (AvgIpc) is 2.02. The first-order chi connectivity index (χ1) is 6.43. The molecule has 1 amide bonds. The molecule has 5 heteroatoms. The maximum atomic E-state index is 11.1. The lowest BCUT2D eigenvalue weighted by molar-refractivity contribution is -0.143. The van der Waals surface area contributed by atoms with Crippen LogP contribution in [0.1, 0.15) is 13.8 Å². The minimum atomic E-state index is -1.32. The fourth-order valence-corrected chi connectivity index (χ4v) is 1.20. The fraction of sp³-hybridized carbons (Fsp3) is 0.333. The SMILES string of the molecule is CC(=O)C1=CC(C(=O)O)C(=O)N=C1C. The van der Waals surface area contributed by atoms with Gasteiger partial charge >= 0.3 is 5.97 Å². The van der Waals surface area contributed by atoms with Gasteiger partial charge in [-0.25, -0.2) is 4.99 Å². The minimum Gasteiger partial charge on any atom is -0.480 e. The van der Waals surface area contributed by atoms with Gasteiger partial charge in [-0.2, -0.15) is 0 Å². The number of aliphatic imine (C=N–C) groups is 1. The zero-order chi connectivity index (χ0) is 10.9. The van der Waals surface area contributed by atoms with E-state index in [0.29, 0.717) is 0 Å². The Labute approximate surface area is 80.1 Å². The van der Waals surface area contributed by atoms with E-state index in [-0.39, 0.29) is 17.1 Å². The second-order valence-electron chi connectivity index (χ2n) is 2.99. The molecule has 1 heterocycles. The number of carbonyl (C=O) groups excluding carboxylic acids is 2. The highest BCUT2D eigenvalue weighted by molar-refractivity contribution is 6.26. The summed E-state index contributed by atoms with van der Waals surface area (Å²) in [7, 11) is 0. The lowest BCUT2D eigenvalue weighted by Crippen LogP contribution is -2.27. The molecule has 1 aliphatic heterocycles. The predicted molar refractivity (Wildman–Crippen MR) is 48.0 cm³/mol. The van der Waals surface area contributed by atoms with Crippen molar-refractivity contribution in [3.63, 3.8) is 0 Å². The van der Waals surface area contributed by atoms with Gasteiger partial charge in [0.25, 0.3) is 5.91 Å². The Bertz CT molecular complexity index is 378. The molecule has 0 radical (unpaired) electrons. The van der Waals surface area contributed by atoms with E-state index in [9.17, 15) is 14.4 Å². The van der Waals surface area contributed by atoms with Gasteiger partial charge in [-0.15, -0.1) is 0 Å². The van der Waals surface area contributed by atoms with E-state index in [1.807, 2.05) is 0 Å². The van der Waals surface area contributed by atoms with E-state index in [2.05, 4.69) is 4.99 Å². The molecule has 0 aromatic rings. The van der Waals surface area contributed by atoms with Gasteiger partial charge in [-0.05, 0) is 19.9 Å². The lowest BCUT2D eigenvalue weighted by Gasteiger charge is -2.12. The van der Waals surface area contributed by atoms with Crippen LogP contribution in [0.2, 0.25) is 0 Å². The number of carbonyl (C=O) groups is 3. The third-order valence-corrected chi connectivity index (χ3v) is 1.91. The van der Waals surface area contributed by atoms with Gasteiger partial charge in [0.15, 0.2) is 11.7 Å². The van der Waals surface area contributed by atoms with Crippen LogP contribution in [0.3, 0.4) is 0 Å². The van der Waals surface area contributed by atoms with Crippen LogP contribution in [0.4, 0.5) is 0 Å². The number of Topliss-reactive ketones (excluding diaryl/α,β-unsaturated/α-hetero) is 1. The summed E-state index contributed by atoms with van der Waals surface area (Å²) in [6.45, 7) is 2.81. The normalized spacial score (nSPS) is 21.3. The monoisotopic (exact) mass is 195 g/mol. The maximum absolute atomic E-state index is 11.1. The number of nitrogens with zero attached hydrogens (tertiary/aromatic N) is 1. The summed E-state index contributed by atoms with van der Waals surface area (Å²) < 4.78 is 0. The first-order valence-corrected chi connectivity index (χ1v) is 3.98. The molecule has 1 aliphatic rings. The largest absolute Gasteiger partial charge is 0.480 e. The quantitative estimate of drug-likeness (QED) is 0.638. The van der Waals surface area contributed by atoms with Crippen LogP contribution in [0, 0.1) is 5.92 Å². The van der Waals surface area contributed by atoms with Crippen molar-refractivity contribution in [1.82, 2.24) is 0 Å². The zero-order valence-electron chi connectivity index (χ0n) is 7.77. The first-order valence-electron chi connectivity index (χ1n) is 3.98. The van der Waals surface area contributed by atoms with Gasteiger partial charge in [0.1, 0.15) is 0 Å². The van der Waals surface area contributed by atoms with Gasteiger partial charge < -0.3 is 5.11 Å². The highest BCUT2D eigenvalue weighted by atomic mass is 16.4. The number of rotatable bonds is 2. The number of carboxylic acids is 1. The molecule has 0 aromatic heterocycles. The molecule has 1 atom stereocenters. The van der Waals surface area contributed by atoms with Crippen molar-refractivity contribution in [2.45, 2.75) is 13.8 Å². The molecular formula is C9H9NO4. The van der Waals surface area contributed by atoms with Crippen molar-refractivity contribution < 1.29 is 19.5 Å². The molecule has 1 N–H and O–H groups in total. The van der Waals surface area contributed by atoms with Crippen molar-refractivity contribution in [2.75, 3.05) is 0 Å². The Morgan fingerprint density at radius 2 is 2.07 bits per heavy atom. The van der Waals surface area contributed by atoms with Crippen molar-refractivity contribution >= 4 is 23.4 Å². The van der Waals surface area contributed by atoms with E-state index < -0.39 is 17.8 Å². The van der Waals surface area contributed by atoms with Crippen LogP contribution in [-0.2, 0) is 14.4 Å². The van der Waals surface area contributed by atoms with Crippen molar-refractivity contribution in [2.24, 2.45) is 10.9 Å². The summed E-state index contributed by atoms with van der Waals surface area (Å²) in [6.07, 6.45) is 1.15. The van der Waals surface area contributed by atoms with Crippen LogP contribution in [0.25, 0.3) is 0 Å². The van der Waals surface area contributed by atoms with Gasteiger partial charge in [-0.3, -0.25) is 14.4 Å². The van der Waals surface area contributed by atoms with E-state index in [4.69, 9.17) is 5.11 Å². The topological polar surface area (TPSA) is 83.8 Å². The smallest absolute Gasteiger partial charge is 0.320 e. The van der Waals surface area contributed by atoms with E-state index in [1.165, 1.54) is 13.8 Å². The number of aliphatic carboxylic acids is 1. The number of hydrogen-bond donors (Lipinski definition) is 1. The molecule has 1 rings (SSSR count). The van der Waals surface area contributed by atoms with Gasteiger partial charge in [0.05, 0.1) is 5.71 Å². The molecule has 0 saturated carbocycles. The average molecular weight is 195 g/mol. The van der Waals surface area contributed by atoms with Crippen molar-refractivity contribution in [1.29, 1.82) is 0 Å². The molecule has 0 aromatic carbocycles. The Hall–Kier alpha value is -1.78. The molecule has 74 valence electrons. The first kappa shape index (κ1) is 10.3. The Morgan fingerprint density at radius 3 is 2.50 bits per heavy atom. The lowest BCUT2D eigenvalue weighted by atomic mass is 9.96. The summed E-state index contributed by atoms with van der Waals surface area (Å²) in [5, 5.41) is 8.65. The van der Waals surface area contributed by atoms with E-state index >= 15 is 0 Å². The Balaban J connectivity index is 3.13. The van der Waals surface area contributed by atoms with E-state index in [0.717, 1.165) is 6.08 Å². The zero-order valence-corrected chi connectivity index (χ0v) is 7.77. The number of hydrogen-bond acceptors (Lipinski definition) is 3. The van der Waals surface area contributed by atoms with Crippen LogP contribution in [0.15, 0.2) is 16.6 Å². The van der Waals surface area contributed by atoms with Crippen LogP contribution < -0.4 is 0 Å². The number of ketones is 1. The third kappa shape index (κ3) is 1.76. The van der Waals surface area contributed by atoms with Crippen LogP contribution in [0.5, 0.6) is 0 Å². The van der Waals surface area contributed by atoms with Gasteiger partial charge in [0.2, 0.25) is 0 Å². The third-order valence-electron chi connectivity index (χ3n) is 1.91. The van der Waals surface area contributed by atoms with Crippen molar-refractivity contribution in [3.8, 4) is 0 Å². The maximum Gasteiger partial charge on any atom is 0.320 e. The number of amides is 1. The summed E-state index contributed by atoms with van der Waals surface area (Å²) in [5.74, 6) is -3.63. The summed E-state index contributed by atoms with van der Waals surface area (Å²) in [5.41, 5.74) is 0.483. The molecule has 0 bridgehead atoms. The van der Waals surface area contributed by atoms with Crippen molar-refractivity contribution in [3.05, 3.63) is 11.6 Å². The summed E-state index contributed by atoms with van der Waals surface area (Å²) >= 11 is 0. The summed E-state index contributed by atoms with van der Waals surface area (Å²) in [4.78, 5) is 36.2. The molecule has 0 aliphatic carbocycles. The predicted octanol–water partition coefficient (Wildman–Crippen LogP) is 0.204. The molecule has 0 spiro atoms. The molecule has 0 fully saturated rings. The molecule has 14 heavy (non-hydrogen) atoms. The van der Waals surface area contributed by atoms with Crippen LogP contribution >= 0.6 is 0 Å². The highest BCUT2D eigenvalue weighted by Gasteiger charge is 2.29. The fourth-order valence-electron chi connectivity index (χ4n) is 1.20. The Morgan fingerprint density at radius 1 is 1.50 bits per heavy atom. The highest BCUT2D eigenvalue weighted by Crippen LogP contribution is 2.15. The van der Waals surface area contributed by atoms with Crippen LogP contribution in [-0.4, -0.2) is 28.5 Å². The second-order valence-corrected chi connectivity index (χ2v) is 2.99. The molecule has 5 nitrogen and oxygen atoms in total. The molecule has 0 saturated heterocycles. The van der Waals surface area contributed by atoms with E-state index in [1.54, 1.807) is 0 Å². The molecular weight excluding hydrogens is 186 g/mol. The standard InChI is InChI=1S/C9H9NO4/c1-4-6(5(2)11)3-7(9(13)14)8(12)10-4/h3,7H,1-2H3,(H,13,14). The van der Waals surface area contributed by atoms with Gasteiger partial charge in [0, 0.05) is 5.57 Å². The number of dihydropyridines is 1. The number of carboxylic acid groups (broad SMARTS) is 1. The second kappa shape index (κ2) is 3.53. The molecule has 1 unspecified atom stereocenters.